The molecule has 0 bridgehead atoms. The Morgan fingerprint density at radius 1 is 0.370 bits per heavy atom. The summed E-state index contributed by atoms with van der Waals surface area (Å²) < 4.78 is 213. The summed E-state index contributed by atoms with van der Waals surface area (Å²) in [6, 6.07) is -1.05. The van der Waals surface area contributed by atoms with E-state index >= 15 is 0 Å². The van der Waals surface area contributed by atoms with Gasteiger partial charge in [0.05, 0.1) is 0 Å². The van der Waals surface area contributed by atoms with Gasteiger partial charge in [0.2, 0.25) is 0 Å². The first-order valence-electron chi connectivity index (χ1n) is 5.44. The fourth-order valence-corrected chi connectivity index (χ4v) is 1.23. The number of nitriles is 1. The van der Waals surface area contributed by atoms with Crippen LogP contribution in [0.4, 0.5) is 74.6 Å². The van der Waals surface area contributed by atoms with Gasteiger partial charge >= 0.3 is 47.6 Å². The smallest absolute Gasteiger partial charge is 0.192 e. The molecule has 0 N–H and O–H groups in total. The standard InChI is InChI=1S/C9F17N/c10-2(11,1-27)3(12,13)4(14,15)5(16,17)6(18,19)7(20,21)8(22,23)9(24,25)26. The molecule has 0 spiro atoms. The zero-order chi connectivity index (χ0) is 22.7. The van der Waals surface area contributed by atoms with Crippen LogP contribution in [0, 0.1) is 11.3 Å². The van der Waals surface area contributed by atoms with Gasteiger partial charge in [-0.05, 0) is 0 Å². The Morgan fingerprint density at radius 3 is 0.815 bits per heavy atom. The lowest BCUT2D eigenvalue weighted by atomic mass is 9.89. The fraction of sp³-hybridized carbons (Fsp3) is 0.889. The molecule has 0 saturated heterocycles. The second-order valence-corrected chi connectivity index (χ2v) is 4.63. The molecule has 27 heavy (non-hydrogen) atoms. The molecule has 0 atom stereocenters. The van der Waals surface area contributed by atoms with E-state index in [-0.39, 0.29) is 0 Å². The summed E-state index contributed by atoms with van der Waals surface area (Å²) >= 11 is 0. The first kappa shape index (κ1) is 25.3. The molecule has 0 aliphatic carbocycles. The molecular weight excluding hydrogens is 445 g/mol. The first-order valence-corrected chi connectivity index (χ1v) is 5.44. The second kappa shape index (κ2) is 5.90. The highest BCUT2D eigenvalue weighted by Crippen LogP contribution is 2.63. The van der Waals surface area contributed by atoms with Gasteiger partial charge in [-0.15, -0.1) is 0 Å². The van der Waals surface area contributed by atoms with E-state index < -0.39 is 53.7 Å². The fourth-order valence-electron chi connectivity index (χ4n) is 1.23. The lowest BCUT2D eigenvalue weighted by Crippen LogP contribution is -2.74. The maximum absolute atomic E-state index is 13.0. The van der Waals surface area contributed by atoms with Crippen molar-refractivity contribution in [3.63, 3.8) is 0 Å². The van der Waals surface area contributed by atoms with Gasteiger partial charge in [-0.3, -0.25) is 0 Å². The topological polar surface area (TPSA) is 23.8 Å². The van der Waals surface area contributed by atoms with Crippen LogP contribution in [0.5, 0.6) is 0 Å². The molecule has 1 nitrogen and oxygen atoms in total. The number of halogens is 17. The largest absolute Gasteiger partial charge is 0.460 e. The van der Waals surface area contributed by atoms with Crippen LogP contribution in [-0.2, 0) is 0 Å². The third-order valence-electron chi connectivity index (χ3n) is 2.86. The van der Waals surface area contributed by atoms with Gasteiger partial charge in [0.25, 0.3) is 0 Å². The minimum absolute atomic E-state index is 1.05. The van der Waals surface area contributed by atoms with Crippen molar-refractivity contribution >= 4 is 0 Å². The van der Waals surface area contributed by atoms with Crippen LogP contribution in [0.15, 0.2) is 0 Å². The Kier molecular flexibility index (Phi) is 5.53. The van der Waals surface area contributed by atoms with E-state index in [2.05, 4.69) is 0 Å². The Hall–Kier alpha value is -1.70. The van der Waals surface area contributed by atoms with Gasteiger partial charge in [0, 0.05) is 0 Å². The average molecular weight is 445 g/mol. The normalized spacial score (nSPS) is 16.3. The third-order valence-corrected chi connectivity index (χ3v) is 2.86. The van der Waals surface area contributed by atoms with Crippen molar-refractivity contribution < 1.29 is 74.6 Å². The zero-order valence-corrected chi connectivity index (χ0v) is 11.4. The highest BCUT2D eigenvalue weighted by Gasteiger charge is 2.95. The van der Waals surface area contributed by atoms with Crippen LogP contribution < -0.4 is 0 Å². The van der Waals surface area contributed by atoms with Gasteiger partial charge < -0.3 is 0 Å². The van der Waals surface area contributed by atoms with Crippen molar-refractivity contribution in [3.05, 3.63) is 0 Å². The molecule has 0 amide bonds. The van der Waals surface area contributed by atoms with Crippen molar-refractivity contribution in [2.75, 3.05) is 0 Å². The molecule has 0 aromatic heterocycles. The predicted molar refractivity (Wildman–Crippen MR) is 46.3 cm³/mol. The second-order valence-electron chi connectivity index (χ2n) is 4.63. The monoisotopic (exact) mass is 445 g/mol. The maximum atomic E-state index is 13.0. The predicted octanol–water partition coefficient (Wildman–Crippen LogP) is 5.52. The van der Waals surface area contributed by atoms with E-state index in [0.717, 1.165) is 0 Å². The number of nitrogens with zero attached hydrogens (tertiary/aromatic N) is 1. The van der Waals surface area contributed by atoms with Crippen LogP contribution in [0.3, 0.4) is 0 Å². The summed E-state index contributed by atoms with van der Waals surface area (Å²) in [6.45, 7) is 0. The number of alkyl halides is 17. The summed E-state index contributed by atoms with van der Waals surface area (Å²) in [7, 11) is 0. The number of rotatable bonds is 6. The summed E-state index contributed by atoms with van der Waals surface area (Å²) in [4.78, 5) is 0. The number of hydrogen-bond acceptors (Lipinski definition) is 1. The molecule has 0 heterocycles. The van der Waals surface area contributed by atoms with Crippen molar-refractivity contribution in [2.45, 2.75) is 47.6 Å². The number of hydrogen-bond donors (Lipinski definition) is 0. The maximum Gasteiger partial charge on any atom is 0.460 e. The van der Waals surface area contributed by atoms with Crippen molar-refractivity contribution in [3.8, 4) is 6.07 Å². The molecule has 0 saturated carbocycles. The third kappa shape index (κ3) is 2.92. The summed E-state index contributed by atoms with van der Waals surface area (Å²) in [6.07, 6.45) is -7.79. The summed E-state index contributed by atoms with van der Waals surface area (Å²) in [5, 5.41) is 7.49. The zero-order valence-electron chi connectivity index (χ0n) is 11.4. The van der Waals surface area contributed by atoms with E-state index in [1.165, 1.54) is 0 Å². The summed E-state index contributed by atoms with van der Waals surface area (Å²) in [5.41, 5.74) is 0. The molecule has 0 aliphatic heterocycles. The van der Waals surface area contributed by atoms with Crippen LogP contribution in [-0.4, -0.2) is 47.6 Å². The Balaban J connectivity index is 6.71. The molecule has 18 heteroatoms. The molecule has 0 aliphatic rings. The van der Waals surface area contributed by atoms with Crippen LogP contribution in [0.25, 0.3) is 0 Å². The van der Waals surface area contributed by atoms with Crippen LogP contribution >= 0.6 is 0 Å². The van der Waals surface area contributed by atoms with Gasteiger partial charge in [0.1, 0.15) is 6.07 Å². The highest BCUT2D eigenvalue weighted by molar-refractivity contribution is 5.18. The minimum Gasteiger partial charge on any atom is -0.192 e. The van der Waals surface area contributed by atoms with Crippen LogP contribution in [0.1, 0.15) is 0 Å². The molecule has 0 unspecified atom stereocenters. The molecule has 0 aromatic carbocycles. The quantitative estimate of drug-likeness (QED) is 0.495. The van der Waals surface area contributed by atoms with Crippen molar-refractivity contribution in [1.82, 2.24) is 0 Å². The molecular formula is C9F17N. The SMILES string of the molecule is N#CC(F)(F)C(F)(F)C(F)(F)C(F)(F)C(F)(F)C(F)(F)C(F)(F)C(F)(F)F. The molecule has 160 valence electrons. The van der Waals surface area contributed by atoms with Crippen LogP contribution in [0.2, 0.25) is 0 Å². The lowest BCUT2D eigenvalue weighted by Gasteiger charge is -2.41. The van der Waals surface area contributed by atoms with Gasteiger partial charge in [-0.2, -0.15) is 79.9 Å². The summed E-state index contributed by atoms with van der Waals surface area (Å²) in [5.74, 6) is -57.3. The van der Waals surface area contributed by atoms with Gasteiger partial charge in [0.15, 0.2) is 0 Å². The molecule has 0 fully saturated rings. The van der Waals surface area contributed by atoms with E-state index in [4.69, 9.17) is 5.26 Å². The van der Waals surface area contributed by atoms with E-state index in [0.29, 0.717) is 0 Å². The van der Waals surface area contributed by atoms with Crippen molar-refractivity contribution in [2.24, 2.45) is 0 Å². The molecule has 0 aromatic rings. The molecule has 0 rings (SSSR count). The van der Waals surface area contributed by atoms with E-state index in [1.807, 2.05) is 0 Å². The van der Waals surface area contributed by atoms with E-state index in [1.54, 1.807) is 0 Å². The van der Waals surface area contributed by atoms with Crippen molar-refractivity contribution in [1.29, 1.82) is 5.26 Å². The Bertz CT molecular complexity index is 605. The average Bonchev–Trinajstić information content (AvgIpc) is 2.44. The van der Waals surface area contributed by atoms with E-state index in [9.17, 15) is 74.6 Å². The first-order chi connectivity index (χ1) is 11.3. The Morgan fingerprint density at radius 2 is 0.593 bits per heavy atom. The minimum atomic E-state index is -8.67. The molecule has 0 radical (unpaired) electrons. The lowest BCUT2D eigenvalue weighted by molar-refractivity contribution is -0.459. The van der Waals surface area contributed by atoms with Gasteiger partial charge in [-0.25, -0.2) is 0 Å². The Labute approximate surface area is 135 Å². The van der Waals surface area contributed by atoms with Gasteiger partial charge in [-0.1, -0.05) is 0 Å². The highest BCUT2D eigenvalue weighted by atomic mass is 19.4.